The molecule has 9 heteroatoms. The minimum Gasteiger partial charge on any atom is -0.507 e. The molecule has 222 valence electrons. The van der Waals surface area contributed by atoms with Gasteiger partial charge in [0, 0.05) is 50.7 Å². The van der Waals surface area contributed by atoms with Crippen LogP contribution in [0.15, 0.2) is 85.2 Å². The summed E-state index contributed by atoms with van der Waals surface area (Å²) in [5.41, 5.74) is 4.42. The van der Waals surface area contributed by atoms with Gasteiger partial charge in [-0.25, -0.2) is 4.79 Å². The molecule has 8 nitrogen and oxygen atoms in total. The third kappa shape index (κ3) is 4.25. The van der Waals surface area contributed by atoms with Crippen LogP contribution in [0.3, 0.4) is 0 Å². The van der Waals surface area contributed by atoms with Crippen LogP contribution in [0.25, 0.3) is 66.8 Å². The van der Waals surface area contributed by atoms with Crippen molar-refractivity contribution in [3.8, 4) is 56.4 Å². The van der Waals surface area contributed by atoms with E-state index in [1.807, 2.05) is 0 Å². The van der Waals surface area contributed by atoms with Crippen molar-refractivity contribution in [3.63, 3.8) is 0 Å². The summed E-state index contributed by atoms with van der Waals surface area (Å²) in [7, 11) is 0. The molecule has 0 spiro atoms. The third-order valence-electron chi connectivity index (χ3n) is 8.28. The van der Waals surface area contributed by atoms with Gasteiger partial charge in [0.1, 0.15) is 33.6 Å². The quantitative estimate of drug-likeness (QED) is 0.169. The highest BCUT2D eigenvalue weighted by Crippen LogP contribution is 2.48. The summed E-state index contributed by atoms with van der Waals surface area (Å²) in [6.07, 6.45) is 0. The van der Waals surface area contributed by atoms with Crippen LogP contribution in [0.5, 0.6) is 11.5 Å². The van der Waals surface area contributed by atoms with Gasteiger partial charge in [0.05, 0.1) is 5.56 Å². The monoisotopic (exact) mass is 618 g/mol. The van der Waals surface area contributed by atoms with E-state index in [0.29, 0.717) is 66.4 Å². The van der Waals surface area contributed by atoms with Gasteiger partial charge < -0.3 is 24.2 Å². The summed E-state index contributed by atoms with van der Waals surface area (Å²) in [5, 5.41) is 32.8. The molecule has 0 saturated carbocycles. The minimum atomic E-state index is -1.21. The first-order valence-electron chi connectivity index (χ1n) is 13.9. The lowest BCUT2D eigenvalue weighted by Gasteiger charge is -2.20. The highest BCUT2D eigenvalue weighted by Gasteiger charge is 2.27. The summed E-state index contributed by atoms with van der Waals surface area (Å²) in [6, 6.07) is 17.1. The summed E-state index contributed by atoms with van der Waals surface area (Å²) in [5.74, 6) is -0.868. The molecule has 45 heavy (non-hydrogen) atoms. The van der Waals surface area contributed by atoms with Gasteiger partial charge in [-0.15, -0.1) is 0 Å². The van der Waals surface area contributed by atoms with E-state index in [0.717, 1.165) is 0 Å². The maximum Gasteiger partial charge on any atom is 0.336 e. The van der Waals surface area contributed by atoms with Crippen molar-refractivity contribution in [1.82, 2.24) is 0 Å². The number of hydrogen-bond acceptors (Lipinski definition) is 7. The van der Waals surface area contributed by atoms with Crippen molar-refractivity contribution < 1.29 is 28.9 Å². The summed E-state index contributed by atoms with van der Waals surface area (Å²) >= 11 is 6.51. The van der Waals surface area contributed by atoms with Crippen molar-refractivity contribution in [2.75, 3.05) is 0 Å². The first-order chi connectivity index (χ1) is 21.4. The molecular formula is C36H23ClO8. The van der Waals surface area contributed by atoms with Crippen LogP contribution in [0.4, 0.5) is 0 Å². The number of aryl methyl sites for hydroxylation is 3. The number of phenols is 2. The second kappa shape index (κ2) is 9.97. The molecule has 3 N–H and O–H groups in total. The maximum atomic E-state index is 13.0. The van der Waals surface area contributed by atoms with Gasteiger partial charge >= 0.3 is 5.97 Å². The number of rotatable bonds is 3. The van der Waals surface area contributed by atoms with E-state index in [-0.39, 0.29) is 50.0 Å². The van der Waals surface area contributed by atoms with Gasteiger partial charge in [-0.3, -0.25) is 9.59 Å². The Labute approximate surface area is 259 Å². The number of halogens is 1. The SMILES string of the molecule is Cc1cc2c(-c3ccc(-c4c5ccc(=O)cc-5oc5c(Cl)c(O)c(C)cc45)c(C(=O)O)c3)c3ccc(=O)cc-3oc2c(C)c1O. The molecule has 4 aliphatic rings. The zero-order valence-electron chi connectivity index (χ0n) is 24.1. The van der Waals surface area contributed by atoms with Gasteiger partial charge in [0.2, 0.25) is 0 Å². The molecule has 0 saturated heterocycles. The average molecular weight is 619 g/mol. The molecule has 0 bridgehead atoms. The van der Waals surface area contributed by atoms with Gasteiger partial charge in [0.25, 0.3) is 0 Å². The number of benzene rings is 5. The Morgan fingerprint density at radius 1 is 0.667 bits per heavy atom. The lowest BCUT2D eigenvalue weighted by atomic mass is 9.86. The maximum absolute atomic E-state index is 13.0. The van der Waals surface area contributed by atoms with Crippen molar-refractivity contribution in [2.24, 2.45) is 0 Å². The Morgan fingerprint density at radius 3 is 1.82 bits per heavy atom. The van der Waals surface area contributed by atoms with E-state index in [4.69, 9.17) is 20.4 Å². The molecule has 0 radical (unpaired) electrons. The van der Waals surface area contributed by atoms with Crippen molar-refractivity contribution in [2.45, 2.75) is 20.8 Å². The fourth-order valence-corrected chi connectivity index (χ4v) is 6.39. The number of aromatic hydroxyl groups is 2. The van der Waals surface area contributed by atoms with Crippen LogP contribution in [-0.4, -0.2) is 21.3 Å². The number of carboxylic acid groups (broad SMARTS) is 1. The molecule has 2 aliphatic carbocycles. The first kappa shape index (κ1) is 28.2. The molecule has 0 atom stereocenters. The molecule has 0 amide bonds. The molecule has 2 heterocycles. The minimum absolute atomic E-state index is 0.0518. The second-order valence-electron chi connectivity index (χ2n) is 11.1. The van der Waals surface area contributed by atoms with E-state index >= 15 is 0 Å². The molecule has 2 aliphatic heterocycles. The van der Waals surface area contributed by atoms with Gasteiger partial charge in [-0.1, -0.05) is 23.7 Å². The van der Waals surface area contributed by atoms with Crippen molar-refractivity contribution in [3.05, 3.63) is 114 Å². The molecule has 3 aromatic rings. The van der Waals surface area contributed by atoms with Crippen LogP contribution in [0.2, 0.25) is 5.02 Å². The molecule has 0 fully saturated rings. The largest absolute Gasteiger partial charge is 0.507 e. The fourth-order valence-electron chi connectivity index (χ4n) is 6.10. The Kier molecular flexibility index (Phi) is 6.24. The van der Waals surface area contributed by atoms with E-state index in [1.54, 1.807) is 63.2 Å². The Balaban J connectivity index is 1.60. The summed E-state index contributed by atoms with van der Waals surface area (Å²) in [4.78, 5) is 37.5. The third-order valence-corrected chi connectivity index (χ3v) is 8.63. The molecular weight excluding hydrogens is 596 g/mol. The number of hydrogen-bond donors (Lipinski definition) is 3. The van der Waals surface area contributed by atoms with E-state index in [2.05, 4.69) is 0 Å². The van der Waals surface area contributed by atoms with Gasteiger partial charge in [-0.2, -0.15) is 0 Å². The van der Waals surface area contributed by atoms with Gasteiger partial charge in [0.15, 0.2) is 16.4 Å². The predicted molar refractivity (Wildman–Crippen MR) is 172 cm³/mol. The van der Waals surface area contributed by atoms with Crippen LogP contribution in [0, 0.1) is 20.8 Å². The standard InChI is InChI=1S/C36H23ClO8/c1-15-10-25-29(22-8-5-19(38)13-27(22)44-34(25)17(3)32(15)40)18-4-7-21(24(12-18)36(42)43)30-23-9-6-20(39)14-28(23)45-35-26(30)11-16(2)33(41)31(35)37/h4-14,40-41H,1-3H3,(H,42,43). The highest BCUT2D eigenvalue weighted by molar-refractivity contribution is 6.37. The number of phenolic OH excluding ortho intramolecular Hbond substituents is 2. The van der Waals surface area contributed by atoms with Crippen LogP contribution in [0.1, 0.15) is 27.0 Å². The Hall–Kier alpha value is -5.60. The Morgan fingerprint density at radius 2 is 1.20 bits per heavy atom. The normalized spacial score (nSPS) is 11.6. The van der Waals surface area contributed by atoms with E-state index < -0.39 is 5.97 Å². The van der Waals surface area contributed by atoms with Crippen LogP contribution < -0.4 is 10.9 Å². The van der Waals surface area contributed by atoms with Gasteiger partial charge in [-0.05, 0) is 85.5 Å². The first-order valence-corrected chi connectivity index (χ1v) is 14.3. The number of fused-ring (bicyclic) bond motifs is 4. The van der Waals surface area contributed by atoms with Crippen molar-refractivity contribution in [1.29, 1.82) is 0 Å². The van der Waals surface area contributed by atoms with Crippen LogP contribution in [-0.2, 0) is 0 Å². The van der Waals surface area contributed by atoms with E-state index in [9.17, 15) is 29.7 Å². The number of carboxylic acids is 1. The lowest BCUT2D eigenvalue weighted by Crippen LogP contribution is -2.05. The summed E-state index contributed by atoms with van der Waals surface area (Å²) < 4.78 is 12.1. The molecule has 0 unspecified atom stereocenters. The molecule has 3 aromatic carbocycles. The van der Waals surface area contributed by atoms with Crippen LogP contribution >= 0.6 is 11.6 Å². The average Bonchev–Trinajstić information content (AvgIpc) is 3.01. The van der Waals surface area contributed by atoms with E-state index in [1.165, 1.54) is 24.3 Å². The smallest absolute Gasteiger partial charge is 0.336 e. The fraction of sp³-hybridized carbons (Fsp3) is 0.0833. The topological polar surface area (TPSA) is 138 Å². The lowest BCUT2D eigenvalue weighted by molar-refractivity contribution is 0.0697. The zero-order chi connectivity index (χ0) is 31.9. The summed E-state index contributed by atoms with van der Waals surface area (Å²) in [6.45, 7) is 5.14. The number of carbonyl (C=O) groups is 1. The zero-order valence-corrected chi connectivity index (χ0v) is 24.9. The Bertz CT molecular complexity index is 2470. The second-order valence-corrected chi connectivity index (χ2v) is 11.5. The molecule has 7 rings (SSSR count). The predicted octanol–water partition coefficient (Wildman–Crippen LogP) is 8.13. The highest BCUT2D eigenvalue weighted by atomic mass is 35.5. The molecule has 0 aromatic heterocycles. The number of aromatic carboxylic acids is 1. The van der Waals surface area contributed by atoms with Crippen molar-refractivity contribution >= 4 is 39.5 Å².